The number of hydrogen-bond donors (Lipinski definition) is 0. The Morgan fingerprint density at radius 1 is 1.07 bits per heavy atom. The highest BCUT2D eigenvalue weighted by atomic mass is 32.2. The quantitative estimate of drug-likeness (QED) is 0.736. The summed E-state index contributed by atoms with van der Waals surface area (Å²) in [5.74, 6) is 1.40. The van der Waals surface area contributed by atoms with E-state index < -0.39 is 0 Å². The molecule has 142 valence electrons. The lowest BCUT2D eigenvalue weighted by molar-refractivity contribution is -0.131. The Kier molecular flexibility index (Phi) is 5.37. The molecule has 0 radical (unpaired) electrons. The summed E-state index contributed by atoms with van der Waals surface area (Å²) in [6, 6.07) is 12.2. The Balaban J connectivity index is 1.65. The van der Waals surface area contributed by atoms with Gasteiger partial charge in [-0.1, -0.05) is 12.1 Å². The molecule has 2 aliphatic rings. The molecule has 0 aliphatic carbocycles. The van der Waals surface area contributed by atoms with Gasteiger partial charge in [0.15, 0.2) is 0 Å². The molecule has 6 heteroatoms. The van der Waals surface area contributed by atoms with Crippen LogP contribution in [0, 0.1) is 5.92 Å². The van der Waals surface area contributed by atoms with E-state index in [0.29, 0.717) is 18.2 Å². The fourth-order valence-electron chi connectivity index (χ4n) is 4.35. The maximum absolute atomic E-state index is 13.2. The third-order valence-corrected chi connectivity index (χ3v) is 6.90. The Morgan fingerprint density at radius 2 is 1.85 bits per heavy atom. The molecule has 2 aliphatic heterocycles. The second-order valence-corrected chi connectivity index (χ2v) is 9.09. The van der Waals surface area contributed by atoms with E-state index in [1.54, 1.807) is 23.5 Å². The minimum Gasteiger partial charge on any atom is -0.341 e. The van der Waals surface area contributed by atoms with Crippen molar-refractivity contribution in [3.05, 3.63) is 52.4 Å². The van der Waals surface area contributed by atoms with Crippen molar-refractivity contribution in [1.29, 1.82) is 0 Å². The minimum atomic E-state index is 0.1000. The number of amides is 1. The molecule has 1 fully saturated rings. The summed E-state index contributed by atoms with van der Waals surface area (Å²) < 4.78 is 1.97. The zero-order valence-electron chi connectivity index (χ0n) is 15.7. The van der Waals surface area contributed by atoms with Gasteiger partial charge in [-0.15, -0.1) is 11.8 Å². The van der Waals surface area contributed by atoms with Gasteiger partial charge in [0.05, 0.1) is 5.75 Å². The monoisotopic (exact) mass is 400 g/mol. The number of carbonyl (C=O) groups excluding carboxylic acids is 1. The summed E-state index contributed by atoms with van der Waals surface area (Å²) in [6.07, 6.45) is 5.09. The molecule has 27 heavy (non-hydrogen) atoms. The first kappa shape index (κ1) is 18.7. The number of carbonyl (C=O) groups is 1. The lowest BCUT2D eigenvalue weighted by atomic mass is 9.82. The molecule has 4 nitrogen and oxygen atoms in total. The standard InChI is InChI=1S/C21H24N2O2S2/c1-26-13-20(24)22-10-14-9-16(12-22)19-8-7-18(21(25)23(19)11-14)15-3-5-17(27-2)6-4-15/h3-8,14,16H,9-13H2,1-2H3. The number of hydrogen-bond acceptors (Lipinski definition) is 4. The van der Waals surface area contributed by atoms with Gasteiger partial charge < -0.3 is 9.47 Å². The maximum Gasteiger partial charge on any atom is 0.258 e. The maximum atomic E-state index is 13.2. The Morgan fingerprint density at radius 3 is 2.56 bits per heavy atom. The second kappa shape index (κ2) is 7.76. The average molecular weight is 401 g/mol. The molecule has 1 amide bonds. The van der Waals surface area contributed by atoms with Gasteiger partial charge in [0.25, 0.3) is 5.56 Å². The third kappa shape index (κ3) is 3.57. The molecule has 2 bridgehead atoms. The van der Waals surface area contributed by atoms with Crippen molar-refractivity contribution in [2.75, 3.05) is 31.4 Å². The molecular formula is C21H24N2O2S2. The van der Waals surface area contributed by atoms with Gasteiger partial charge in [0.1, 0.15) is 0 Å². The van der Waals surface area contributed by atoms with Crippen molar-refractivity contribution in [3.63, 3.8) is 0 Å². The highest BCUT2D eigenvalue weighted by Crippen LogP contribution is 2.36. The van der Waals surface area contributed by atoms with E-state index in [4.69, 9.17) is 0 Å². The molecule has 2 aromatic rings. The van der Waals surface area contributed by atoms with Crippen LogP contribution in [-0.4, -0.2) is 46.7 Å². The Bertz CT molecular complexity index is 907. The van der Waals surface area contributed by atoms with E-state index in [1.807, 2.05) is 33.9 Å². The van der Waals surface area contributed by atoms with E-state index in [1.165, 1.54) is 4.90 Å². The van der Waals surface area contributed by atoms with Crippen LogP contribution < -0.4 is 5.56 Å². The van der Waals surface area contributed by atoms with Gasteiger partial charge in [-0.05, 0) is 54.7 Å². The van der Waals surface area contributed by atoms with Crippen molar-refractivity contribution >= 4 is 29.4 Å². The number of pyridine rings is 1. The van der Waals surface area contributed by atoms with Crippen molar-refractivity contribution in [2.45, 2.75) is 23.8 Å². The van der Waals surface area contributed by atoms with E-state index >= 15 is 0 Å². The number of likely N-dealkylation sites (tertiary alicyclic amines) is 1. The van der Waals surface area contributed by atoms with Gasteiger partial charge in [0.2, 0.25) is 5.91 Å². The van der Waals surface area contributed by atoms with Crippen LogP contribution >= 0.6 is 23.5 Å². The Hall–Kier alpha value is -1.66. The van der Waals surface area contributed by atoms with Crippen LogP contribution in [-0.2, 0) is 11.3 Å². The first-order valence-electron chi connectivity index (χ1n) is 9.25. The molecule has 0 N–H and O–H groups in total. The highest BCUT2D eigenvalue weighted by molar-refractivity contribution is 7.99. The third-order valence-electron chi connectivity index (χ3n) is 5.63. The summed E-state index contributed by atoms with van der Waals surface area (Å²) >= 11 is 3.27. The first-order chi connectivity index (χ1) is 13.1. The number of nitrogens with zero attached hydrogens (tertiary/aromatic N) is 2. The molecule has 1 saturated heterocycles. The molecule has 4 rings (SSSR count). The number of aromatic nitrogens is 1. The minimum absolute atomic E-state index is 0.1000. The van der Waals surface area contributed by atoms with E-state index in [2.05, 4.69) is 24.5 Å². The SMILES string of the molecule is CSCC(=O)N1CC2CC(C1)c1ccc(-c3ccc(SC)cc3)c(=O)n1C2. The van der Waals surface area contributed by atoms with E-state index in [-0.39, 0.29) is 17.4 Å². The van der Waals surface area contributed by atoms with Crippen molar-refractivity contribution in [2.24, 2.45) is 5.92 Å². The van der Waals surface area contributed by atoms with Gasteiger partial charge in [0, 0.05) is 41.7 Å². The fourth-order valence-corrected chi connectivity index (χ4v) is 5.19. The van der Waals surface area contributed by atoms with Crippen LogP contribution in [0.25, 0.3) is 11.1 Å². The average Bonchev–Trinajstić information content (AvgIpc) is 2.69. The fraction of sp³-hybridized carbons (Fsp3) is 0.429. The van der Waals surface area contributed by atoms with Crippen molar-refractivity contribution in [3.8, 4) is 11.1 Å². The van der Waals surface area contributed by atoms with Gasteiger partial charge in [-0.3, -0.25) is 9.59 Å². The van der Waals surface area contributed by atoms with Crippen LogP contribution in [0.3, 0.4) is 0 Å². The number of thioether (sulfide) groups is 2. The summed E-state index contributed by atoms with van der Waals surface area (Å²) in [4.78, 5) is 28.7. The Labute approximate surface area is 168 Å². The molecule has 2 unspecified atom stereocenters. The van der Waals surface area contributed by atoms with Crippen LogP contribution in [0.4, 0.5) is 0 Å². The molecule has 2 atom stereocenters. The van der Waals surface area contributed by atoms with Gasteiger partial charge in [-0.25, -0.2) is 0 Å². The highest BCUT2D eigenvalue weighted by Gasteiger charge is 2.36. The van der Waals surface area contributed by atoms with Crippen LogP contribution in [0.1, 0.15) is 18.0 Å². The number of benzene rings is 1. The van der Waals surface area contributed by atoms with Crippen LogP contribution in [0.5, 0.6) is 0 Å². The van der Waals surface area contributed by atoms with Crippen molar-refractivity contribution < 1.29 is 4.79 Å². The van der Waals surface area contributed by atoms with Crippen molar-refractivity contribution in [1.82, 2.24) is 9.47 Å². The normalized spacial score (nSPS) is 21.0. The smallest absolute Gasteiger partial charge is 0.258 e. The van der Waals surface area contributed by atoms with Crippen LogP contribution in [0.2, 0.25) is 0 Å². The van der Waals surface area contributed by atoms with Gasteiger partial charge in [-0.2, -0.15) is 11.8 Å². The predicted molar refractivity (Wildman–Crippen MR) is 114 cm³/mol. The van der Waals surface area contributed by atoms with Crippen LogP contribution in [0.15, 0.2) is 46.1 Å². The number of rotatable bonds is 4. The molecule has 1 aromatic carbocycles. The number of piperidine rings is 1. The molecule has 3 heterocycles. The van der Waals surface area contributed by atoms with E-state index in [0.717, 1.165) is 36.3 Å². The molecular weight excluding hydrogens is 376 g/mol. The summed E-state index contributed by atoms with van der Waals surface area (Å²) in [6.45, 7) is 2.22. The molecule has 0 saturated carbocycles. The summed E-state index contributed by atoms with van der Waals surface area (Å²) in [7, 11) is 0. The summed E-state index contributed by atoms with van der Waals surface area (Å²) in [5, 5.41) is 0. The zero-order valence-corrected chi connectivity index (χ0v) is 17.3. The zero-order chi connectivity index (χ0) is 19.0. The lowest BCUT2D eigenvalue weighted by Crippen LogP contribution is -2.49. The summed E-state index contributed by atoms with van der Waals surface area (Å²) in [5.41, 5.74) is 2.92. The first-order valence-corrected chi connectivity index (χ1v) is 11.9. The molecule has 1 aromatic heterocycles. The van der Waals surface area contributed by atoms with E-state index in [9.17, 15) is 9.59 Å². The van der Waals surface area contributed by atoms with Gasteiger partial charge >= 0.3 is 0 Å². The predicted octanol–water partition coefficient (Wildman–Crippen LogP) is 3.55. The largest absolute Gasteiger partial charge is 0.341 e. The second-order valence-electron chi connectivity index (χ2n) is 7.35. The number of fused-ring (bicyclic) bond motifs is 4. The topological polar surface area (TPSA) is 42.3 Å². The lowest BCUT2D eigenvalue weighted by Gasteiger charge is -2.43. The molecule has 0 spiro atoms.